The highest BCUT2D eigenvalue weighted by atomic mass is 35.5. The van der Waals surface area contributed by atoms with E-state index in [0.717, 1.165) is 16.7 Å². The van der Waals surface area contributed by atoms with E-state index in [9.17, 15) is 4.79 Å². The molecule has 22 heavy (non-hydrogen) atoms. The summed E-state index contributed by atoms with van der Waals surface area (Å²) in [5.74, 6) is 0. The van der Waals surface area contributed by atoms with Crippen LogP contribution < -0.4 is 0 Å². The molecule has 0 aliphatic heterocycles. The highest BCUT2D eigenvalue weighted by molar-refractivity contribution is 8.16. The standard InChI is InChI=1S/C14H7Cl5OS2/c15-9-3-1-7(5-11(9)17)21-13(19)14(20)22-8-2-4-10(16)12(18)6-8/h1-6,13H. The van der Waals surface area contributed by atoms with Crippen molar-refractivity contribution in [1.82, 2.24) is 0 Å². The first-order valence-electron chi connectivity index (χ1n) is 5.79. The molecule has 2 rings (SSSR count). The van der Waals surface area contributed by atoms with Crippen LogP contribution in [0.3, 0.4) is 0 Å². The molecule has 0 saturated heterocycles. The molecule has 0 fully saturated rings. The number of thioether (sulfide) groups is 2. The maximum Gasteiger partial charge on any atom is 0.221 e. The summed E-state index contributed by atoms with van der Waals surface area (Å²) < 4.78 is -0.767. The Morgan fingerprint density at radius 3 is 1.86 bits per heavy atom. The van der Waals surface area contributed by atoms with Crippen LogP contribution in [0.15, 0.2) is 46.2 Å². The maximum atomic E-state index is 12.1. The average Bonchev–Trinajstić information content (AvgIpc) is 2.46. The third kappa shape index (κ3) is 5.13. The van der Waals surface area contributed by atoms with Gasteiger partial charge in [0.15, 0.2) is 4.71 Å². The third-order valence-electron chi connectivity index (χ3n) is 2.43. The summed E-state index contributed by atoms with van der Waals surface area (Å²) in [6.07, 6.45) is 0. The van der Waals surface area contributed by atoms with Crippen LogP contribution in [0.25, 0.3) is 0 Å². The summed E-state index contributed by atoms with van der Waals surface area (Å²) in [6, 6.07) is 10.1. The minimum Gasteiger partial charge on any atom is -0.284 e. The van der Waals surface area contributed by atoms with Crippen LogP contribution >= 0.6 is 81.5 Å². The van der Waals surface area contributed by atoms with Crippen molar-refractivity contribution in [3.8, 4) is 0 Å². The summed E-state index contributed by atoms with van der Waals surface area (Å²) in [7, 11) is 0. The van der Waals surface area contributed by atoms with E-state index in [1.54, 1.807) is 36.4 Å². The molecule has 0 aromatic heterocycles. The van der Waals surface area contributed by atoms with Crippen molar-refractivity contribution in [3.63, 3.8) is 0 Å². The van der Waals surface area contributed by atoms with Crippen LogP contribution in [0.4, 0.5) is 0 Å². The molecule has 0 aliphatic carbocycles. The topological polar surface area (TPSA) is 17.1 Å². The Morgan fingerprint density at radius 2 is 1.32 bits per heavy atom. The van der Waals surface area contributed by atoms with Crippen molar-refractivity contribution in [1.29, 1.82) is 0 Å². The SMILES string of the molecule is O=C(Sc1ccc(Cl)c(Cl)c1)C(Cl)Sc1ccc(Cl)c(Cl)c1. The lowest BCUT2D eigenvalue weighted by molar-refractivity contribution is -0.109. The summed E-state index contributed by atoms with van der Waals surface area (Å²) in [5.41, 5.74) is 0. The molecule has 8 heteroatoms. The Kier molecular flexibility index (Phi) is 7.09. The number of halogens is 5. The molecule has 2 aromatic carbocycles. The lowest BCUT2D eigenvalue weighted by Crippen LogP contribution is -2.05. The molecular weight excluding hydrogens is 426 g/mol. The Bertz CT molecular complexity index is 708. The van der Waals surface area contributed by atoms with E-state index >= 15 is 0 Å². The van der Waals surface area contributed by atoms with Gasteiger partial charge in [-0.1, -0.05) is 58.2 Å². The average molecular weight is 433 g/mol. The minimum atomic E-state index is -0.767. The summed E-state index contributed by atoms with van der Waals surface area (Å²) in [5, 5.41) is 1.48. The smallest absolute Gasteiger partial charge is 0.221 e. The number of benzene rings is 2. The van der Waals surface area contributed by atoms with E-state index in [-0.39, 0.29) is 5.12 Å². The quantitative estimate of drug-likeness (QED) is 0.373. The van der Waals surface area contributed by atoms with Crippen molar-refractivity contribution < 1.29 is 4.79 Å². The largest absolute Gasteiger partial charge is 0.284 e. The Morgan fingerprint density at radius 1 is 0.818 bits per heavy atom. The number of hydrogen-bond donors (Lipinski definition) is 0. The van der Waals surface area contributed by atoms with Gasteiger partial charge in [0.05, 0.1) is 20.1 Å². The van der Waals surface area contributed by atoms with Crippen molar-refractivity contribution >= 4 is 86.6 Å². The molecule has 0 bridgehead atoms. The highest BCUT2D eigenvalue weighted by Gasteiger charge is 2.19. The fourth-order valence-electron chi connectivity index (χ4n) is 1.42. The zero-order chi connectivity index (χ0) is 16.3. The summed E-state index contributed by atoms with van der Waals surface area (Å²) in [4.78, 5) is 13.6. The van der Waals surface area contributed by atoms with Gasteiger partial charge in [-0.05, 0) is 48.2 Å². The van der Waals surface area contributed by atoms with E-state index in [0.29, 0.717) is 25.0 Å². The maximum absolute atomic E-state index is 12.1. The fraction of sp³-hybridized carbons (Fsp3) is 0.0714. The molecule has 0 saturated carbocycles. The second kappa shape index (κ2) is 8.39. The van der Waals surface area contributed by atoms with E-state index in [1.165, 1.54) is 11.8 Å². The van der Waals surface area contributed by atoms with Crippen LogP contribution in [0.2, 0.25) is 20.1 Å². The van der Waals surface area contributed by atoms with Gasteiger partial charge in [-0.25, -0.2) is 0 Å². The van der Waals surface area contributed by atoms with Gasteiger partial charge < -0.3 is 0 Å². The second-order valence-electron chi connectivity index (χ2n) is 4.01. The minimum absolute atomic E-state index is 0.212. The zero-order valence-electron chi connectivity index (χ0n) is 10.7. The van der Waals surface area contributed by atoms with Gasteiger partial charge in [-0.3, -0.25) is 4.79 Å². The molecule has 0 spiro atoms. The molecule has 1 unspecified atom stereocenters. The van der Waals surface area contributed by atoms with Gasteiger partial charge in [0.2, 0.25) is 5.12 Å². The number of rotatable bonds is 4. The molecule has 1 nitrogen and oxygen atoms in total. The lowest BCUT2D eigenvalue weighted by atomic mass is 10.4. The molecular formula is C14H7Cl5OS2. The van der Waals surface area contributed by atoms with E-state index in [4.69, 9.17) is 58.0 Å². The molecule has 0 aliphatic rings. The lowest BCUT2D eigenvalue weighted by Gasteiger charge is -2.09. The number of carbonyl (C=O) groups is 1. The van der Waals surface area contributed by atoms with Gasteiger partial charge in [-0.2, -0.15) is 0 Å². The van der Waals surface area contributed by atoms with Crippen molar-refractivity contribution in [2.45, 2.75) is 14.5 Å². The normalized spacial score (nSPS) is 12.2. The van der Waals surface area contributed by atoms with Gasteiger partial charge in [0.25, 0.3) is 0 Å². The first-order valence-corrected chi connectivity index (χ1v) is 9.44. The molecule has 0 N–H and O–H groups in total. The van der Waals surface area contributed by atoms with Crippen LogP contribution in [0, 0.1) is 0 Å². The Hall–Kier alpha value is 0.260. The molecule has 116 valence electrons. The second-order valence-corrected chi connectivity index (χ2v) is 8.59. The molecule has 0 radical (unpaired) electrons. The van der Waals surface area contributed by atoms with E-state index in [2.05, 4.69) is 0 Å². The predicted molar refractivity (Wildman–Crippen MR) is 99.3 cm³/mol. The Balaban J connectivity index is 2.02. The molecule has 2 aromatic rings. The van der Waals surface area contributed by atoms with Crippen molar-refractivity contribution in [3.05, 3.63) is 56.5 Å². The van der Waals surface area contributed by atoms with Crippen LogP contribution in [-0.2, 0) is 4.79 Å². The van der Waals surface area contributed by atoms with Gasteiger partial charge in [0, 0.05) is 9.79 Å². The van der Waals surface area contributed by atoms with Crippen molar-refractivity contribution in [2.75, 3.05) is 0 Å². The molecule has 0 amide bonds. The fourth-order valence-corrected chi connectivity index (χ4v) is 4.18. The highest BCUT2D eigenvalue weighted by Crippen LogP contribution is 2.36. The Labute approximate surface area is 161 Å². The van der Waals surface area contributed by atoms with E-state index < -0.39 is 4.71 Å². The molecule has 0 heterocycles. The van der Waals surface area contributed by atoms with Gasteiger partial charge in [-0.15, -0.1) is 11.6 Å². The first kappa shape index (κ1) is 18.6. The zero-order valence-corrected chi connectivity index (χ0v) is 16.1. The first-order chi connectivity index (χ1) is 10.4. The van der Waals surface area contributed by atoms with Crippen molar-refractivity contribution in [2.24, 2.45) is 0 Å². The third-order valence-corrected chi connectivity index (χ3v) is 6.52. The van der Waals surface area contributed by atoms with Crippen LogP contribution in [0.1, 0.15) is 0 Å². The van der Waals surface area contributed by atoms with Crippen LogP contribution in [-0.4, -0.2) is 9.82 Å². The summed E-state index contributed by atoms with van der Waals surface area (Å²) >= 11 is 31.9. The van der Waals surface area contributed by atoms with Crippen LogP contribution in [0.5, 0.6) is 0 Å². The monoisotopic (exact) mass is 430 g/mol. The van der Waals surface area contributed by atoms with Gasteiger partial charge >= 0.3 is 0 Å². The number of alkyl halides is 1. The summed E-state index contributed by atoms with van der Waals surface area (Å²) in [6.45, 7) is 0. The van der Waals surface area contributed by atoms with Gasteiger partial charge in [0.1, 0.15) is 0 Å². The van der Waals surface area contributed by atoms with E-state index in [1.807, 2.05) is 0 Å². The predicted octanol–water partition coefficient (Wildman–Crippen LogP) is 7.28. The molecule has 1 atom stereocenters. The number of hydrogen-bond acceptors (Lipinski definition) is 3. The number of carbonyl (C=O) groups excluding carboxylic acids is 1.